The average molecular weight is 307 g/mol. The number of benzene rings is 1. The van der Waals surface area contributed by atoms with Gasteiger partial charge in [0.2, 0.25) is 0 Å². The predicted octanol–water partition coefficient (Wildman–Crippen LogP) is 3.83. The van der Waals surface area contributed by atoms with Crippen molar-refractivity contribution in [1.29, 1.82) is 0 Å². The van der Waals surface area contributed by atoms with Crippen molar-refractivity contribution in [3.8, 4) is 0 Å². The number of carbonyl (C=O) groups is 1. The lowest BCUT2D eigenvalue weighted by Crippen LogP contribution is -2.28. The third kappa shape index (κ3) is 2.97. The Morgan fingerprint density at radius 1 is 1.22 bits per heavy atom. The summed E-state index contributed by atoms with van der Waals surface area (Å²) in [5.74, 6) is -0.0827. The molecular weight excluding hydrogens is 286 g/mol. The number of fused-ring (bicyclic) bond motifs is 1. The van der Waals surface area contributed by atoms with Crippen LogP contribution < -0.4 is 5.32 Å². The number of aryl methyl sites for hydroxylation is 2. The second-order valence-electron chi connectivity index (χ2n) is 5.81. The van der Waals surface area contributed by atoms with Gasteiger partial charge in [0.1, 0.15) is 5.65 Å². The van der Waals surface area contributed by atoms with Crippen molar-refractivity contribution in [1.82, 2.24) is 14.7 Å². The molecule has 4 heteroatoms. The van der Waals surface area contributed by atoms with Gasteiger partial charge in [-0.05, 0) is 38.0 Å². The fourth-order valence-electron chi connectivity index (χ4n) is 2.91. The minimum absolute atomic E-state index is 0.00422. The summed E-state index contributed by atoms with van der Waals surface area (Å²) in [5.41, 5.74) is 4.43. The van der Waals surface area contributed by atoms with E-state index in [2.05, 4.69) is 17.2 Å². The molecule has 0 unspecified atom stereocenters. The molecule has 3 rings (SSSR count). The van der Waals surface area contributed by atoms with Gasteiger partial charge >= 0.3 is 0 Å². The molecular formula is C19H21N3O. The first kappa shape index (κ1) is 15.3. The van der Waals surface area contributed by atoms with Crippen LogP contribution in [0.5, 0.6) is 0 Å². The molecule has 0 aliphatic rings. The number of aromatic nitrogens is 2. The van der Waals surface area contributed by atoms with Crippen LogP contribution in [0, 0.1) is 13.8 Å². The smallest absolute Gasteiger partial charge is 0.255 e. The number of amides is 1. The number of nitrogens with zero attached hydrogens (tertiary/aromatic N) is 2. The normalized spacial score (nSPS) is 12.3. The topological polar surface area (TPSA) is 46.4 Å². The maximum Gasteiger partial charge on any atom is 0.255 e. The minimum Gasteiger partial charge on any atom is -0.345 e. The summed E-state index contributed by atoms with van der Waals surface area (Å²) < 4.78 is 1.95. The summed E-state index contributed by atoms with van der Waals surface area (Å²) in [6, 6.07) is 13.9. The van der Waals surface area contributed by atoms with Gasteiger partial charge in [0.25, 0.3) is 5.91 Å². The monoisotopic (exact) mass is 307 g/mol. The Morgan fingerprint density at radius 3 is 2.65 bits per heavy atom. The molecule has 1 atom stereocenters. The van der Waals surface area contributed by atoms with Gasteiger partial charge in [-0.3, -0.25) is 4.79 Å². The van der Waals surface area contributed by atoms with Crippen LogP contribution in [-0.4, -0.2) is 15.3 Å². The molecule has 3 aromatic rings. The molecule has 1 aromatic carbocycles. The number of hydrogen-bond acceptors (Lipinski definition) is 2. The van der Waals surface area contributed by atoms with Gasteiger partial charge < -0.3 is 9.72 Å². The van der Waals surface area contributed by atoms with Crippen molar-refractivity contribution >= 4 is 11.6 Å². The highest BCUT2D eigenvalue weighted by Crippen LogP contribution is 2.19. The van der Waals surface area contributed by atoms with Crippen molar-refractivity contribution in [2.24, 2.45) is 0 Å². The molecule has 1 N–H and O–H groups in total. The van der Waals surface area contributed by atoms with Crippen molar-refractivity contribution in [2.45, 2.75) is 33.2 Å². The maximum absolute atomic E-state index is 12.7. The zero-order valence-electron chi connectivity index (χ0n) is 13.7. The Hall–Kier alpha value is -2.62. The van der Waals surface area contributed by atoms with Crippen LogP contribution >= 0.6 is 0 Å². The lowest BCUT2D eigenvalue weighted by Gasteiger charge is -2.17. The highest BCUT2D eigenvalue weighted by Gasteiger charge is 2.18. The molecule has 0 fully saturated rings. The molecule has 0 saturated heterocycles. The number of carbonyl (C=O) groups excluding carboxylic acids is 1. The molecule has 0 spiro atoms. The zero-order valence-corrected chi connectivity index (χ0v) is 13.7. The fraction of sp³-hybridized carbons (Fsp3) is 0.263. The first-order valence-corrected chi connectivity index (χ1v) is 7.91. The quantitative estimate of drug-likeness (QED) is 0.796. The molecule has 23 heavy (non-hydrogen) atoms. The predicted molar refractivity (Wildman–Crippen MR) is 91.6 cm³/mol. The highest BCUT2D eigenvalue weighted by molar-refractivity contribution is 6.00. The summed E-state index contributed by atoms with van der Waals surface area (Å²) in [6.45, 7) is 6.03. The van der Waals surface area contributed by atoms with E-state index in [1.54, 1.807) is 0 Å². The second-order valence-corrected chi connectivity index (χ2v) is 5.81. The molecule has 0 radical (unpaired) electrons. The van der Waals surface area contributed by atoms with Crippen LogP contribution in [0.25, 0.3) is 5.65 Å². The third-order valence-corrected chi connectivity index (χ3v) is 4.10. The third-order valence-electron chi connectivity index (χ3n) is 4.10. The van der Waals surface area contributed by atoms with Crippen LogP contribution in [0.3, 0.4) is 0 Å². The molecule has 118 valence electrons. The van der Waals surface area contributed by atoms with Gasteiger partial charge in [0, 0.05) is 17.6 Å². The molecule has 0 aliphatic heterocycles. The molecule has 1 amide bonds. The minimum atomic E-state index is -0.0827. The molecule has 4 nitrogen and oxygen atoms in total. The second kappa shape index (κ2) is 6.24. The van der Waals surface area contributed by atoms with Crippen LogP contribution in [0.15, 0.2) is 48.7 Å². The molecule has 0 saturated carbocycles. The van der Waals surface area contributed by atoms with E-state index < -0.39 is 0 Å². The Kier molecular flexibility index (Phi) is 4.15. The van der Waals surface area contributed by atoms with Crippen molar-refractivity contribution in [2.75, 3.05) is 0 Å². The maximum atomic E-state index is 12.7. The number of rotatable bonds is 4. The van der Waals surface area contributed by atoms with E-state index in [1.807, 2.05) is 66.9 Å². The van der Waals surface area contributed by atoms with Gasteiger partial charge in [-0.1, -0.05) is 37.3 Å². The summed E-state index contributed by atoms with van der Waals surface area (Å²) in [6.07, 6.45) is 2.74. The van der Waals surface area contributed by atoms with E-state index in [0.29, 0.717) is 11.2 Å². The molecule has 0 bridgehead atoms. The van der Waals surface area contributed by atoms with Crippen molar-refractivity contribution < 1.29 is 4.79 Å². The first-order chi connectivity index (χ1) is 11.1. The van der Waals surface area contributed by atoms with Gasteiger partial charge in [0.15, 0.2) is 0 Å². The summed E-state index contributed by atoms with van der Waals surface area (Å²) in [4.78, 5) is 17.2. The van der Waals surface area contributed by atoms with E-state index in [-0.39, 0.29) is 11.9 Å². The van der Waals surface area contributed by atoms with Gasteiger partial charge in [0.05, 0.1) is 11.6 Å². The highest BCUT2D eigenvalue weighted by atomic mass is 16.1. The lowest BCUT2D eigenvalue weighted by atomic mass is 10.0. The van der Waals surface area contributed by atoms with E-state index in [4.69, 9.17) is 0 Å². The largest absolute Gasteiger partial charge is 0.345 e. The summed E-state index contributed by atoms with van der Waals surface area (Å²) >= 11 is 0. The van der Waals surface area contributed by atoms with Crippen LogP contribution in [0.2, 0.25) is 0 Å². The molecule has 2 aromatic heterocycles. The zero-order chi connectivity index (χ0) is 16.4. The van der Waals surface area contributed by atoms with Crippen LogP contribution in [0.1, 0.15) is 46.7 Å². The van der Waals surface area contributed by atoms with Crippen molar-refractivity contribution in [3.05, 3.63) is 71.2 Å². The Morgan fingerprint density at radius 2 is 1.96 bits per heavy atom. The van der Waals surface area contributed by atoms with E-state index in [1.165, 1.54) is 0 Å². The van der Waals surface area contributed by atoms with Crippen LogP contribution in [0.4, 0.5) is 0 Å². The Labute approximate surface area is 136 Å². The lowest BCUT2D eigenvalue weighted by molar-refractivity contribution is 0.0937. The van der Waals surface area contributed by atoms with E-state index in [0.717, 1.165) is 23.4 Å². The SMILES string of the molecule is CC[C@@H](NC(=O)c1ccn2c(C)cc(C)nc12)c1ccccc1. The summed E-state index contributed by atoms with van der Waals surface area (Å²) in [7, 11) is 0. The fourth-order valence-corrected chi connectivity index (χ4v) is 2.91. The molecule has 0 aliphatic carbocycles. The van der Waals surface area contributed by atoms with Crippen LogP contribution in [-0.2, 0) is 0 Å². The average Bonchev–Trinajstić information content (AvgIpc) is 2.97. The van der Waals surface area contributed by atoms with Crippen molar-refractivity contribution in [3.63, 3.8) is 0 Å². The van der Waals surface area contributed by atoms with Gasteiger partial charge in [-0.25, -0.2) is 4.98 Å². The van der Waals surface area contributed by atoms with E-state index >= 15 is 0 Å². The Bertz CT molecular complexity index is 836. The van der Waals surface area contributed by atoms with Gasteiger partial charge in [-0.15, -0.1) is 0 Å². The Balaban J connectivity index is 1.92. The standard InChI is InChI=1S/C19H21N3O/c1-4-17(15-8-6-5-7-9-15)21-19(23)16-10-11-22-14(3)12-13(2)20-18(16)22/h5-12,17H,4H2,1-3H3,(H,21,23)/t17-/m1/s1. The number of nitrogens with one attached hydrogen (secondary N) is 1. The van der Waals surface area contributed by atoms with Gasteiger partial charge in [-0.2, -0.15) is 0 Å². The first-order valence-electron chi connectivity index (χ1n) is 7.91. The molecule has 2 heterocycles. The van der Waals surface area contributed by atoms with E-state index in [9.17, 15) is 4.79 Å². The number of hydrogen-bond donors (Lipinski definition) is 1. The summed E-state index contributed by atoms with van der Waals surface area (Å²) in [5, 5.41) is 3.12.